The van der Waals surface area contributed by atoms with Crippen molar-refractivity contribution in [2.45, 2.75) is 6.92 Å². The van der Waals surface area contributed by atoms with Crippen molar-refractivity contribution in [2.24, 2.45) is 0 Å². The molecule has 0 atom stereocenters. The first-order chi connectivity index (χ1) is 7.15. The second-order valence-corrected chi connectivity index (χ2v) is 2.88. The summed E-state index contributed by atoms with van der Waals surface area (Å²) in [5, 5.41) is -0.546. The first-order valence-corrected chi connectivity index (χ1v) is 4.69. The lowest BCUT2D eigenvalue weighted by Crippen LogP contribution is -2.10. The minimum atomic E-state index is -0.546. The van der Waals surface area contributed by atoms with Crippen molar-refractivity contribution in [3.8, 4) is 0 Å². The third-order valence-electron chi connectivity index (χ3n) is 1.40. The van der Waals surface area contributed by atoms with E-state index in [2.05, 4.69) is 12.1 Å². The van der Waals surface area contributed by atoms with E-state index in [1.54, 1.807) is 12.2 Å². The molecule has 0 amide bonds. The van der Waals surface area contributed by atoms with Crippen molar-refractivity contribution in [1.82, 2.24) is 5.48 Å². The Morgan fingerprint density at radius 3 is 2.60 bits per heavy atom. The van der Waals surface area contributed by atoms with Crippen molar-refractivity contribution >= 4 is 16.8 Å². The van der Waals surface area contributed by atoms with Gasteiger partial charge in [0.2, 0.25) is 0 Å². The van der Waals surface area contributed by atoms with E-state index in [0.717, 1.165) is 0 Å². The largest absolute Gasteiger partial charge is 0.279 e. The summed E-state index contributed by atoms with van der Waals surface area (Å²) < 4.78 is 0. The zero-order chi connectivity index (χ0) is 11.7. The first kappa shape index (κ1) is 13.7. The van der Waals surface area contributed by atoms with Crippen molar-refractivity contribution in [3.05, 3.63) is 48.2 Å². The standard InChI is InChI=1S/C11H14ClNO2/c1-4-6-9(11(12)14)8-10(7-5-2)13-15-3/h4-8,13H,1H2,2-3H3/b7-5-,9-6+,10-8+. The zero-order valence-electron chi connectivity index (χ0n) is 8.79. The maximum atomic E-state index is 11.0. The molecule has 0 saturated heterocycles. The number of carbonyl (C=O) groups excluding carboxylic acids is 1. The molecule has 0 unspecified atom stereocenters. The molecule has 1 N–H and O–H groups in total. The molecule has 0 aliphatic heterocycles. The second kappa shape index (κ2) is 8.03. The molecule has 4 heteroatoms. The van der Waals surface area contributed by atoms with Gasteiger partial charge in [-0.3, -0.25) is 15.1 Å². The summed E-state index contributed by atoms with van der Waals surface area (Å²) in [6.45, 7) is 5.35. The number of hydrogen-bond donors (Lipinski definition) is 1. The highest BCUT2D eigenvalue weighted by Crippen LogP contribution is 2.06. The second-order valence-electron chi connectivity index (χ2n) is 2.54. The molecular formula is C11H14ClNO2. The van der Waals surface area contributed by atoms with E-state index >= 15 is 0 Å². The molecule has 0 fully saturated rings. The summed E-state index contributed by atoms with van der Waals surface area (Å²) in [6.07, 6.45) is 8.14. The molecule has 15 heavy (non-hydrogen) atoms. The van der Waals surface area contributed by atoms with Gasteiger partial charge in [-0.05, 0) is 30.7 Å². The Kier molecular flexibility index (Phi) is 7.32. The van der Waals surface area contributed by atoms with Crippen LogP contribution in [-0.2, 0) is 9.63 Å². The molecular weight excluding hydrogens is 214 g/mol. The predicted octanol–water partition coefficient (Wildman–Crippen LogP) is 2.48. The number of carbonyl (C=O) groups is 1. The topological polar surface area (TPSA) is 38.3 Å². The number of halogens is 1. The average Bonchev–Trinajstić information content (AvgIpc) is 2.17. The van der Waals surface area contributed by atoms with Crippen molar-refractivity contribution in [1.29, 1.82) is 0 Å². The highest BCUT2D eigenvalue weighted by Gasteiger charge is 2.02. The molecule has 0 radical (unpaired) electrons. The molecule has 0 aliphatic rings. The summed E-state index contributed by atoms with van der Waals surface area (Å²) in [5.74, 6) is 0. The van der Waals surface area contributed by atoms with Gasteiger partial charge in [-0.2, -0.15) is 0 Å². The van der Waals surface area contributed by atoms with Gasteiger partial charge < -0.3 is 0 Å². The van der Waals surface area contributed by atoms with E-state index < -0.39 is 5.24 Å². The first-order valence-electron chi connectivity index (χ1n) is 4.31. The Labute approximate surface area is 94.7 Å². The molecule has 0 aliphatic carbocycles. The Bertz CT molecular complexity index is 317. The molecule has 0 aromatic heterocycles. The van der Waals surface area contributed by atoms with Crippen LogP contribution in [0.1, 0.15) is 6.92 Å². The molecule has 0 bridgehead atoms. The summed E-state index contributed by atoms with van der Waals surface area (Å²) in [6, 6.07) is 0. The minimum Gasteiger partial charge on any atom is -0.279 e. The molecule has 0 spiro atoms. The lowest BCUT2D eigenvalue weighted by Gasteiger charge is -2.03. The normalized spacial score (nSPS) is 13.0. The van der Waals surface area contributed by atoms with Gasteiger partial charge in [0, 0.05) is 5.57 Å². The van der Waals surface area contributed by atoms with Crippen LogP contribution in [0, 0.1) is 0 Å². The summed E-state index contributed by atoms with van der Waals surface area (Å²) in [4.78, 5) is 15.7. The third-order valence-corrected chi connectivity index (χ3v) is 1.62. The third kappa shape index (κ3) is 5.88. The fourth-order valence-corrected chi connectivity index (χ4v) is 0.991. The van der Waals surface area contributed by atoms with E-state index in [9.17, 15) is 4.79 Å². The van der Waals surface area contributed by atoms with Crippen LogP contribution in [-0.4, -0.2) is 12.4 Å². The van der Waals surface area contributed by atoms with Crippen LogP contribution >= 0.6 is 11.6 Å². The number of hydrogen-bond acceptors (Lipinski definition) is 3. The van der Waals surface area contributed by atoms with E-state index in [4.69, 9.17) is 16.4 Å². The Morgan fingerprint density at radius 2 is 2.20 bits per heavy atom. The molecule has 0 rings (SSSR count). The van der Waals surface area contributed by atoms with Crippen molar-refractivity contribution in [3.63, 3.8) is 0 Å². The maximum Gasteiger partial charge on any atom is 0.252 e. The Balaban J connectivity index is 4.97. The van der Waals surface area contributed by atoms with Crippen LogP contribution in [0.2, 0.25) is 0 Å². The van der Waals surface area contributed by atoms with Crippen LogP contribution in [0.4, 0.5) is 0 Å². The van der Waals surface area contributed by atoms with Gasteiger partial charge >= 0.3 is 0 Å². The fourth-order valence-electron chi connectivity index (χ4n) is 0.874. The Hall–Kier alpha value is -1.32. The summed E-state index contributed by atoms with van der Waals surface area (Å²) in [7, 11) is 1.48. The van der Waals surface area contributed by atoms with Crippen molar-refractivity contribution < 1.29 is 9.63 Å². The van der Waals surface area contributed by atoms with Crippen LogP contribution in [0.25, 0.3) is 0 Å². The lowest BCUT2D eigenvalue weighted by atomic mass is 10.2. The number of nitrogens with one attached hydrogen (secondary N) is 1. The maximum absolute atomic E-state index is 11.0. The lowest BCUT2D eigenvalue weighted by molar-refractivity contribution is -0.108. The summed E-state index contributed by atoms with van der Waals surface area (Å²) >= 11 is 5.37. The minimum absolute atomic E-state index is 0.337. The van der Waals surface area contributed by atoms with Gasteiger partial charge in [0.05, 0.1) is 12.8 Å². The quantitative estimate of drug-likeness (QED) is 0.328. The molecule has 0 aromatic carbocycles. The van der Waals surface area contributed by atoms with Gasteiger partial charge in [0.1, 0.15) is 0 Å². The van der Waals surface area contributed by atoms with Gasteiger partial charge in [-0.15, -0.1) is 0 Å². The van der Waals surface area contributed by atoms with E-state index in [-0.39, 0.29) is 0 Å². The van der Waals surface area contributed by atoms with Crippen LogP contribution in [0.3, 0.4) is 0 Å². The van der Waals surface area contributed by atoms with Crippen LogP contribution in [0.5, 0.6) is 0 Å². The van der Waals surface area contributed by atoms with Gasteiger partial charge in [0.25, 0.3) is 5.24 Å². The van der Waals surface area contributed by atoms with Gasteiger partial charge in [0.15, 0.2) is 0 Å². The summed E-state index contributed by atoms with van der Waals surface area (Å²) in [5.41, 5.74) is 3.58. The monoisotopic (exact) mass is 227 g/mol. The molecule has 82 valence electrons. The van der Waals surface area contributed by atoms with Gasteiger partial charge in [-0.25, -0.2) is 0 Å². The van der Waals surface area contributed by atoms with E-state index in [0.29, 0.717) is 11.3 Å². The van der Waals surface area contributed by atoms with Crippen LogP contribution in [0.15, 0.2) is 48.2 Å². The van der Waals surface area contributed by atoms with Crippen molar-refractivity contribution in [2.75, 3.05) is 7.11 Å². The fraction of sp³-hybridized carbons (Fsp3) is 0.182. The average molecular weight is 228 g/mol. The molecule has 0 saturated carbocycles. The molecule has 3 nitrogen and oxygen atoms in total. The SMILES string of the molecule is C=C\C=C(/C=C(\C=C/C)NOC)C(=O)Cl. The number of allylic oxidation sites excluding steroid dienone is 6. The zero-order valence-corrected chi connectivity index (χ0v) is 9.54. The van der Waals surface area contributed by atoms with Gasteiger partial charge in [-0.1, -0.05) is 24.8 Å². The smallest absolute Gasteiger partial charge is 0.252 e. The highest BCUT2D eigenvalue weighted by molar-refractivity contribution is 6.68. The highest BCUT2D eigenvalue weighted by atomic mass is 35.5. The predicted molar refractivity (Wildman–Crippen MR) is 62.2 cm³/mol. The Morgan fingerprint density at radius 1 is 1.53 bits per heavy atom. The van der Waals surface area contributed by atoms with Crippen LogP contribution < -0.4 is 5.48 Å². The number of hydroxylamine groups is 1. The van der Waals surface area contributed by atoms with E-state index in [1.807, 2.05) is 13.0 Å². The number of rotatable bonds is 6. The molecule has 0 heterocycles. The van der Waals surface area contributed by atoms with E-state index in [1.165, 1.54) is 19.3 Å². The molecule has 0 aromatic rings.